The maximum absolute atomic E-state index is 14.2. The summed E-state index contributed by atoms with van der Waals surface area (Å²) in [6, 6.07) is 19.0. The quantitative estimate of drug-likeness (QED) is 0.306. The maximum atomic E-state index is 14.2. The summed E-state index contributed by atoms with van der Waals surface area (Å²) >= 11 is 2.32. The Morgan fingerprint density at radius 3 is 2.42 bits per heavy atom. The predicted octanol–water partition coefficient (Wildman–Crippen LogP) is 6.84. The summed E-state index contributed by atoms with van der Waals surface area (Å²) in [6.45, 7) is 5.84. The van der Waals surface area contributed by atoms with E-state index in [9.17, 15) is 4.79 Å². The van der Waals surface area contributed by atoms with Crippen LogP contribution in [-0.4, -0.2) is 24.8 Å². The summed E-state index contributed by atoms with van der Waals surface area (Å²) in [6.07, 6.45) is 7.60. The number of allylic oxidation sites excluding steroid dienone is 1. The number of hydrogen-bond acceptors (Lipinski definition) is 3. The fourth-order valence-corrected chi connectivity index (χ4v) is 7.19. The van der Waals surface area contributed by atoms with E-state index in [0.29, 0.717) is 25.4 Å². The second-order valence-corrected chi connectivity index (χ2v) is 11.7. The molecule has 2 aromatic rings. The van der Waals surface area contributed by atoms with Crippen molar-refractivity contribution in [1.82, 2.24) is 0 Å². The van der Waals surface area contributed by atoms with E-state index < -0.39 is 11.2 Å². The van der Waals surface area contributed by atoms with Gasteiger partial charge in [-0.3, -0.25) is 4.79 Å². The van der Waals surface area contributed by atoms with Gasteiger partial charge in [0.05, 0.1) is 13.2 Å². The molecule has 0 amide bonds. The van der Waals surface area contributed by atoms with Gasteiger partial charge in [0.25, 0.3) is 0 Å². The minimum absolute atomic E-state index is 0.226. The monoisotopic (exact) mass is 556 g/mol. The second-order valence-electron chi connectivity index (χ2n) is 10.4. The summed E-state index contributed by atoms with van der Waals surface area (Å²) in [5.41, 5.74) is 2.63. The van der Waals surface area contributed by atoms with Gasteiger partial charge in [0, 0.05) is 20.8 Å². The summed E-state index contributed by atoms with van der Waals surface area (Å²) in [7, 11) is 0. The van der Waals surface area contributed by atoms with Crippen LogP contribution < -0.4 is 0 Å². The highest BCUT2D eigenvalue weighted by Crippen LogP contribution is 2.64. The largest absolute Gasteiger partial charge is 0.347 e. The molecule has 2 saturated carbocycles. The predicted molar refractivity (Wildman–Crippen MR) is 140 cm³/mol. The zero-order valence-corrected chi connectivity index (χ0v) is 21.8. The second kappa shape index (κ2) is 8.94. The number of carbonyl (C=O) groups is 1. The molecule has 4 heteroatoms. The van der Waals surface area contributed by atoms with Crippen LogP contribution in [0.1, 0.15) is 57.1 Å². The van der Waals surface area contributed by atoms with Crippen LogP contribution in [0.4, 0.5) is 0 Å². The Labute approximate surface area is 211 Å². The standard InChI is InChI=1S/C29H33IO3/c1-27(16-14-21-7-4-3-5-8-21)25-9-6-15-29(32-17-18-33-29)28(25,2)20-23(26(27)31)19-22-10-12-24(30)13-11-22/h3-5,7-8,10-13,19,25H,6,9,14-18,20H2,1-2H3/b23-19+. The molecule has 3 unspecified atom stereocenters. The molecule has 2 aliphatic carbocycles. The molecule has 1 aliphatic heterocycles. The smallest absolute Gasteiger partial charge is 0.174 e. The number of ether oxygens (including phenoxy) is 2. The fraction of sp³-hybridized carbons (Fsp3) is 0.483. The fourth-order valence-electron chi connectivity index (χ4n) is 6.83. The van der Waals surface area contributed by atoms with Crippen molar-refractivity contribution in [3.8, 4) is 0 Å². The molecule has 0 bridgehead atoms. The lowest BCUT2D eigenvalue weighted by Crippen LogP contribution is -2.62. The first-order valence-electron chi connectivity index (χ1n) is 12.2. The average molecular weight is 556 g/mol. The van der Waals surface area contributed by atoms with Gasteiger partial charge in [-0.2, -0.15) is 0 Å². The molecule has 0 aromatic heterocycles. The molecule has 5 rings (SSSR count). The summed E-state index contributed by atoms with van der Waals surface area (Å²) < 4.78 is 14.0. The Balaban J connectivity index is 1.57. The zero-order valence-electron chi connectivity index (χ0n) is 19.6. The molecule has 174 valence electrons. The van der Waals surface area contributed by atoms with Gasteiger partial charge in [0.15, 0.2) is 11.6 Å². The number of carbonyl (C=O) groups excluding carboxylic acids is 1. The molecular weight excluding hydrogens is 523 g/mol. The van der Waals surface area contributed by atoms with Crippen LogP contribution >= 0.6 is 22.6 Å². The first-order valence-corrected chi connectivity index (χ1v) is 13.3. The third-order valence-electron chi connectivity index (χ3n) is 8.52. The summed E-state index contributed by atoms with van der Waals surface area (Å²) in [5.74, 6) is -0.0214. The van der Waals surface area contributed by atoms with Crippen LogP contribution in [0.3, 0.4) is 0 Å². The lowest BCUT2D eigenvalue weighted by molar-refractivity contribution is -0.282. The van der Waals surface area contributed by atoms with Gasteiger partial charge in [0.2, 0.25) is 0 Å². The first-order chi connectivity index (χ1) is 15.9. The van der Waals surface area contributed by atoms with Gasteiger partial charge < -0.3 is 9.47 Å². The number of Topliss-reactive ketones (excluding diaryl/α,β-unsaturated/α-hetero) is 1. The van der Waals surface area contributed by atoms with E-state index in [1.54, 1.807) is 0 Å². The summed E-state index contributed by atoms with van der Waals surface area (Å²) in [5, 5.41) is 0. The van der Waals surface area contributed by atoms with Crippen LogP contribution in [0.15, 0.2) is 60.2 Å². The van der Waals surface area contributed by atoms with Crippen molar-refractivity contribution in [3.05, 3.63) is 74.9 Å². The van der Waals surface area contributed by atoms with E-state index in [0.717, 1.165) is 43.2 Å². The molecule has 1 heterocycles. The minimum Gasteiger partial charge on any atom is -0.347 e. The van der Waals surface area contributed by atoms with Crippen LogP contribution in [0, 0.1) is 20.3 Å². The molecule has 3 nitrogen and oxygen atoms in total. The van der Waals surface area contributed by atoms with E-state index in [4.69, 9.17) is 9.47 Å². The SMILES string of the molecule is CC1(CCc2ccccc2)C(=O)/C(=C/c2ccc(I)cc2)CC2(C)C1CCCC21OCCO1. The van der Waals surface area contributed by atoms with Gasteiger partial charge >= 0.3 is 0 Å². The van der Waals surface area contributed by atoms with E-state index in [1.807, 2.05) is 0 Å². The molecule has 0 radical (unpaired) electrons. The number of ketones is 1. The highest BCUT2D eigenvalue weighted by molar-refractivity contribution is 14.1. The van der Waals surface area contributed by atoms with Crippen LogP contribution in [0.2, 0.25) is 0 Å². The van der Waals surface area contributed by atoms with Crippen molar-refractivity contribution in [2.75, 3.05) is 13.2 Å². The normalized spacial score (nSPS) is 32.3. The van der Waals surface area contributed by atoms with Crippen LogP contribution in [-0.2, 0) is 20.7 Å². The number of aryl methyl sites for hydroxylation is 1. The molecule has 3 fully saturated rings. The first kappa shape index (κ1) is 23.3. The molecular formula is C29H33IO3. The highest BCUT2D eigenvalue weighted by atomic mass is 127. The van der Waals surface area contributed by atoms with Crippen molar-refractivity contribution in [3.63, 3.8) is 0 Å². The van der Waals surface area contributed by atoms with Crippen LogP contribution in [0.25, 0.3) is 6.08 Å². The average Bonchev–Trinajstić information content (AvgIpc) is 3.30. The third kappa shape index (κ3) is 4.02. The van der Waals surface area contributed by atoms with E-state index >= 15 is 0 Å². The molecule has 3 atom stereocenters. The Kier molecular flexibility index (Phi) is 6.30. The van der Waals surface area contributed by atoms with Gasteiger partial charge in [0.1, 0.15) is 0 Å². The van der Waals surface area contributed by atoms with E-state index in [2.05, 4.69) is 97.1 Å². The van der Waals surface area contributed by atoms with Crippen molar-refractivity contribution in [2.24, 2.45) is 16.7 Å². The van der Waals surface area contributed by atoms with Gasteiger partial charge in [-0.25, -0.2) is 0 Å². The highest BCUT2D eigenvalue weighted by Gasteiger charge is 2.66. The van der Waals surface area contributed by atoms with E-state index in [-0.39, 0.29) is 11.3 Å². The van der Waals surface area contributed by atoms with Gasteiger partial charge in [-0.05, 0) is 95.5 Å². The van der Waals surface area contributed by atoms with Crippen molar-refractivity contribution >= 4 is 34.5 Å². The molecule has 0 N–H and O–H groups in total. The van der Waals surface area contributed by atoms with Gasteiger partial charge in [-0.1, -0.05) is 56.3 Å². The van der Waals surface area contributed by atoms with Crippen molar-refractivity contribution < 1.29 is 14.3 Å². The summed E-state index contributed by atoms with van der Waals surface area (Å²) in [4.78, 5) is 14.2. The number of fused-ring (bicyclic) bond motifs is 2. The molecule has 1 spiro atoms. The Morgan fingerprint density at radius 2 is 1.73 bits per heavy atom. The molecule has 2 aromatic carbocycles. The van der Waals surface area contributed by atoms with Crippen molar-refractivity contribution in [1.29, 1.82) is 0 Å². The third-order valence-corrected chi connectivity index (χ3v) is 9.23. The lowest BCUT2D eigenvalue weighted by atomic mass is 9.46. The number of hydrogen-bond donors (Lipinski definition) is 0. The Hall–Kier alpha value is -1.50. The topological polar surface area (TPSA) is 35.5 Å². The number of benzene rings is 2. The molecule has 3 aliphatic rings. The van der Waals surface area contributed by atoms with Crippen molar-refractivity contribution in [2.45, 2.75) is 58.2 Å². The number of rotatable bonds is 4. The lowest BCUT2D eigenvalue weighted by Gasteiger charge is -2.60. The molecule has 33 heavy (non-hydrogen) atoms. The van der Waals surface area contributed by atoms with Gasteiger partial charge in [-0.15, -0.1) is 0 Å². The maximum Gasteiger partial charge on any atom is 0.174 e. The van der Waals surface area contributed by atoms with E-state index in [1.165, 1.54) is 9.13 Å². The Morgan fingerprint density at radius 1 is 1.03 bits per heavy atom. The van der Waals surface area contributed by atoms with Crippen LogP contribution in [0.5, 0.6) is 0 Å². The number of halogens is 1. The molecule has 1 saturated heterocycles. The minimum atomic E-state index is -0.574. The zero-order chi connectivity index (χ0) is 23.1. The Bertz CT molecular complexity index is 1040.